The Morgan fingerprint density at radius 2 is 2.06 bits per heavy atom. The Kier molecular flexibility index (Phi) is 3.44. The molecule has 90 valence electrons. The zero-order chi connectivity index (χ0) is 12.3. The first-order valence-corrected chi connectivity index (χ1v) is 5.76. The molecular formula is C13H17N3O. The first-order chi connectivity index (χ1) is 8.19. The maximum atomic E-state index is 5.71. The minimum atomic E-state index is -0.114. The van der Waals surface area contributed by atoms with E-state index < -0.39 is 0 Å². The van der Waals surface area contributed by atoms with Gasteiger partial charge in [0.2, 0.25) is 0 Å². The SMILES string of the molecule is CCc1ccc(Nc2nc(C(C)N)co2)cc1. The second-order valence-corrected chi connectivity index (χ2v) is 4.04. The summed E-state index contributed by atoms with van der Waals surface area (Å²) in [7, 11) is 0. The van der Waals surface area contributed by atoms with Gasteiger partial charge in [0.05, 0.1) is 5.69 Å². The Morgan fingerprint density at radius 1 is 1.35 bits per heavy atom. The van der Waals surface area contributed by atoms with Crippen molar-refractivity contribution in [2.45, 2.75) is 26.3 Å². The molecule has 0 amide bonds. The van der Waals surface area contributed by atoms with E-state index in [0.717, 1.165) is 17.8 Å². The van der Waals surface area contributed by atoms with Crippen molar-refractivity contribution in [2.75, 3.05) is 5.32 Å². The Morgan fingerprint density at radius 3 is 2.59 bits per heavy atom. The van der Waals surface area contributed by atoms with E-state index in [1.807, 2.05) is 19.1 Å². The number of hydrogen-bond acceptors (Lipinski definition) is 4. The standard InChI is InChI=1S/C13H17N3O/c1-3-10-4-6-11(7-5-10)15-13-16-12(8-17-13)9(2)14/h4-9H,3,14H2,1-2H3,(H,15,16). The summed E-state index contributed by atoms with van der Waals surface area (Å²) in [5.74, 6) is 0. The third-order valence-electron chi connectivity index (χ3n) is 2.60. The fourth-order valence-corrected chi connectivity index (χ4v) is 1.50. The highest BCUT2D eigenvalue weighted by atomic mass is 16.4. The quantitative estimate of drug-likeness (QED) is 0.849. The number of aromatic nitrogens is 1. The first kappa shape index (κ1) is 11.7. The summed E-state index contributed by atoms with van der Waals surface area (Å²) in [6.07, 6.45) is 2.61. The van der Waals surface area contributed by atoms with Gasteiger partial charge in [-0.1, -0.05) is 19.1 Å². The van der Waals surface area contributed by atoms with Crippen LogP contribution >= 0.6 is 0 Å². The number of oxazole rings is 1. The summed E-state index contributed by atoms with van der Waals surface area (Å²) in [5, 5.41) is 3.10. The van der Waals surface area contributed by atoms with Crippen LogP contribution in [0, 0.1) is 0 Å². The number of benzene rings is 1. The van der Waals surface area contributed by atoms with Gasteiger partial charge in [0, 0.05) is 11.7 Å². The minimum Gasteiger partial charge on any atom is -0.432 e. The van der Waals surface area contributed by atoms with Crippen LogP contribution in [0.2, 0.25) is 0 Å². The zero-order valence-electron chi connectivity index (χ0n) is 10.1. The fourth-order valence-electron chi connectivity index (χ4n) is 1.50. The van der Waals surface area contributed by atoms with Crippen LogP contribution in [0.1, 0.15) is 31.1 Å². The fraction of sp³-hybridized carbons (Fsp3) is 0.308. The molecule has 1 atom stereocenters. The molecule has 1 heterocycles. The van der Waals surface area contributed by atoms with Gasteiger partial charge >= 0.3 is 0 Å². The van der Waals surface area contributed by atoms with Gasteiger partial charge in [0.1, 0.15) is 6.26 Å². The van der Waals surface area contributed by atoms with Crippen molar-refractivity contribution in [3.63, 3.8) is 0 Å². The number of aryl methyl sites for hydroxylation is 1. The lowest BCUT2D eigenvalue weighted by atomic mass is 10.1. The van der Waals surface area contributed by atoms with E-state index in [0.29, 0.717) is 6.01 Å². The molecule has 0 bridgehead atoms. The monoisotopic (exact) mass is 231 g/mol. The molecule has 0 spiro atoms. The number of nitrogens with two attached hydrogens (primary N) is 1. The van der Waals surface area contributed by atoms with Crippen LogP contribution in [0.25, 0.3) is 0 Å². The lowest BCUT2D eigenvalue weighted by molar-refractivity contribution is 0.573. The van der Waals surface area contributed by atoms with Gasteiger partial charge in [0.15, 0.2) is 0 Å². The van der Waals surface area contributed by atoms with Crippen molar-refractivity contribution in [3.05, 3.63) is 41.8 Å². The van der Waals surface area contributed by atoms with Crippen molar-refractivity contribution >= 4 is 11.7 Å². The smallest absolute Gasteiger partial charge is 0.299 e. The highest BCUT2D eigenvalue weighted by molar-refractivity contribution is 5.52. The van der Waals surface area contributed by atoms with E-state index in [-0.39, 0.29) is 6.04 Å². The van der Waals surface area contributed by atoms with Crippen LogP contribution in [0.3, 0.4) is 0 Å². The van der Waals surface area contributed by atoms with Gasteiger partial charge in [-0.3, -0.25) is 0 Å². The third-order valence-corrected chi connectivity index (χ3v) is 2.60. The predicted molar refractivity (Wildman–Crippen MR) is 68.2 cm³/mol. The third kappa shape index (κ3) is 2.85. The average molecular weight is 231 g/mol. The number of hydrogen-bond donors (Lipinski definition) is 2. The highest BCUT2D eigenvalue weighted by Gasteiger charge is 2.07. The molecule has 2 rings (SSSR count). The van der Waals surface area contributed by atoms with Crippen LogP contribution in [0.4, 0.5) is 11.7 Å². The molecule has 0 fully saturated rings. The van der Waals surface area contributed by atoms with Crippen molar-refractivity contribution in [1.29, 1.82) is 0 Å². The van der Waals surface area contributed by atoms with E-state index in [9.17, 15) is 0 Å². The van der Waals surface area contributed by atoms with Gasteiger partial charge in [-0.2, -0.15) is 4.98 Å². The molecule has 1 aromatic carbocycles. The molecule has 0 aliphatic rings. The summed E-state index contributed by atoms with van der Waals surface area (Å²) < 4.78 is 5.28. The second kappa shape index (κ2) is 5.01. The summed E-state index contributed by atoms with van der Waals surface area (Å²) >= 11 is 0. The molecule has 0 saturated heterocycles. The Bertz CT molecular complexity index is 474. The average Bonchev–Trinajstić information content (AvgIpc) is 2.79. The molecule has 0 aliphatic heterocycles. The Labute approximate surface area is 101 Å². The maximum absolute atomic E-state index is 5.71. The van der Waals surface area contributed by atoms with Crippen LogP contribution in [-0.2, 0) is 6.42 Å². The summed E-state index contributed by atoms with van der Waals surface area (Å²) in [6.45, 7) is 4.00. The van der Waals surface area contributed by atoms with E-state index in [1.54, 1.807) is 6.26 Å². The topological polar surface area (TPSA) is 64.1 Å². The molecule has 3 N–H and O–H groups in total. The number of nitrogens with zero attached hydrogens (tertiary/aromatic N) is 1. The molecule has 0 saturated carbocycles. The van der Waals surface area contributed by atoms with Crippen molar-refractivity contribution in [2.24, 2.45) is 5.73 Å². The van der Waals surface area contributed by atoms with Gasteiger partial charge < -0.3 is 15.5 Å². The van der Waals surface area contributed by atoms with Crippen molar-refractivity contribution in [1.82, 2.24) is 4.98 Å². The molecule has 2 aromatic rings. The minimum absolute atomic E-state index is 0.114. The Hall–Kier alpha value is -1.81. The van der Waals surface area contributed by atoms with Gasteiger partial charge in [0.25, 0.3) is 6.01 Å². The lowest BCUT2D eigenvalue weighted by Gasteiger charge is -2.02. The largest absolute Gasteiger partial charge is 0.432 e. The maximum Gasteiger partial charge on any atom is 0.299 e. The zero-order valence-corrected chi connectivity index (χ0v) is 10.1. The molecule has 4 heteroatoms. The molecule has 0 aliphatic carbocycles. The first-order valence-electron chi connectivity index (χ1n) is 5.76. The van der Waals surface area contributed by atoms with E-state index >= 15 is 0 Å². The molecule has 0 radical (unpaired) electrons. The molecular weight excluding hydrogens is 214 g/mol. The predicted octanol–water partition coefficient (Wildman–Crippen LogP) is 3.00. The number of anilines is 2. The van der Waals surface area contributed by atoms with E-state index in [4.69, 9.17) is 10.2 Å². The van der Waals surface area contributed by atoms with E-state index in [2.05, 4.69) is 29.4 Å². The number of nitrogens with one attached hydrogen (secondary N) is 1. The second-order valence-electron chi connectivity index (χ2n) is 4.04. The number of rotatable bonds is 4. The summed E-state index contributed by atoms with van der Waals surface area (Å²) in [5.41, 5.74) is 8.72. The van der Waals surface area contributed by atoms with Crippen LogP contribution < -0.4 is 11.1 Å². The van der Waals surface area contributed by atoms with Gasteiger partial charge in [-0.05, 0) is 31.0 Å². The highest BCUT2D eigenvalue weighted by Crippen LogP contribution is 2.18. The van der Waals surface area contributed by atoms with Crippen LogP contribution in [0.15, 0.2) is 34.9 Å². The van der Waals surface area contributed by atoms with Crippen LogP contribution in [0.5, 0.6) is 0 Å². The Balaban J connectivity index is 2.08. The van der Waals surface area contributed by atoms with E-state index in [1.165, 1.54) is 5.56 Å². The molecule has 4 nitrogen and oxygen atoms in total. The summed E-state index contributed by atoms with van der Waals surface area (Å²) in [4.78, 5) is 4.24. The van der Waals surface area contributed by atoms with Crippen molar-refractivity contribution in [3.8, 4) is 0 Å². The lowest BCUT2D eigenvalue weighted by Crippen LogP contribution is -2.05. The normalized spacial score (nSPS) is 12.4. The van der Waals surface area contributed by atoms with Gasteiger partial charge in [-0.15, -0.1) is 0 Å². The molecule has 1 unspecified atom stereocenters. The molecule has 1 aromatic heterocycles. The molecule has 17 heavy (non-hydrogen) atoms. The van der Waals surface area contributed by atoms with Crippen molar-refractivity contribution < 1.29 is 4.42 Å². The van der Waals surface area contributed by atoms with Gasteiger partial charge in [-0.25, -0.2) is 0 Å². The summed E-state index contributed by atoms with van der Waals surface area (Å²) in [6, 6.07) is 8.54. The van der Waals surface area contributed by atoms with Crippen LogP contribution in [-0.4, -0.2) is 4.98 Å².